The summed E-state index contributed by atoms with van der Waals surface area (Å²) in [6.07, 6.45) is 2.10. The molecule has 0 aromatic heterocycles. The fourth-order valence-corrected chi connectivity index (χ4v) is 3.79. The Hall–Kier alpha value is -2.13. The molecule has 1 aliphatic heterocycles. The van der Waals surface area contributed by atoms with Crippen LogP contribution in [0, 0.1) is 0 Å². The highest BCUT2D eigenvalue weighted by Gasteiger charge is 2.26. The van der Waals surface area contributed by atoms with Crippen LogP contribution in [-0.2, 0) is 11.3 Å². The van der Waals surface area contributed by atoms with Gasteiger partial charge in [0.05, 0.1) is 0 Å². The van der Waals surface area contributed by atoms with Gasteiger partial charge in [-0.3, -0.25) is 9.69 Å². The van der Waals surface area contributed by atoms with Crippen LogP contribution in [0.4, 0.5) is 5.69 Å². The fourth-order valence-electron chi connectivity index (χ4n) is 3.79. The standard InChI is InChI=1S/C24H33N5O.HI/c1-3-25-24(26-17-23(30)27-21-12-8-5-9-13-21)28-22-14-15-29(19(2)16-22)18-20-10-6-4-7-11-20;/h4-13,19,22H,3,14-18H2,1-2H3,(H,27,30)(H2,25,26,28);1H. The number of carbonyl (C=O) groups is 1. The zero-order valence-corrected chi connectivity index (χ0v) is 20.7. The van der Waals surface area contributed by atoms with Gasteiger partial charge in [-0.2, -0.15) is 0 Å². The van der Waals surface area contributed by atoms with Crippen LogP contribution in [0.2, 0.25) is 0 Å². The van der Waals surface area contributed by atoms with Crippen LogP contribution < -0.4 is 16.0 Å². The first-order valence-corrected chi connectivity index (χ1v) is 10.8. The van der Waals surface area contributed by atoms with Crippen LogP contribution in [0.1, 0.15) is 32.3 Å². The molecular weight excluding hydrogens is 501 g/mol. The zero-order valence-electron chi connectivity index (χ0n) is 18.4. The summed E-state index contributed by atoms with van der Waals surface area (Å²) in [5, 5.41) is 9.65. The summed E-state index contributed by atoms with van der Waals surface area (Å²) in [6.45, 7) is 7.20. The number of carbonyl (C=O) groups excluding carboxylic acids is 1. The molecule has 2 atom stereocenters. The Kier molecular flexibility index (Phi) is 10.8. The van der Waals surface area contributed by atoms with Crippen LogP contribution >= 0.6 is 24.0 Å². The second-order valence-electron chi connectivity index (χ2n) is 7.78. The summed E-state index contributed by atoms with van der Waals surface area (Å²) in [7, 11) is 0. The van der Waals surface area contributed by atoms with E-state index in [-0.39, 0.29) is 36.4 Å². The molecule has 3 N–H and O–H groups in total. The van der Waals surface area contributed by atoms with E-state index in [9.17, 15) is 4.79 Å². The molecule has 1 heterocycles. The summed E-state index contributed by atoms with van der Waals surface area (Å²) in [5.74, 6) is 0.582. The lowest BCUT2D eigenvalue weighted by Crippen LogP contribution is -2.51. The summed E-state index contributed by atoms with van der Waals surface area (Å²) in [6, 6.07) is 20.9. The number of amides is 1. The highest BCUT2D eigenvalue weighted by atomic mass is 127. The van der Waals surface area contributed by atoms with Gasteiger partial charge in [-0.05, 0) is 44.4 Å². The molecule has 1 amide bonds. The maximum atomic E-state index is 12.2. The van der Waals surface area contributed by atoms with Crippen LogP contribution in [0.5, 0.6) is 0 Å². The third-order valence-corrected chi connectivity index (χ3v) is 5.37. The van der Waals surface area contributed by atoms with Gasteiger partial charge in [0.15, 0.2) is 5.96 Å². The van der Waals surface area contributed by atoms with Gasteiger partial charge < -0.3 is 16.0 Å². The van der Waals surface area contributed by atoms with Crippen molar-refractivity contribution in [3.63, 3.8) is 0 Å². The second kappa shape index (κ2) is 13.3. The van der Waals surface area contributed by atoms with Gasteiger partial charge >= 0.3 is 0 Å². The van der Waals surface area contributed by atoms with Crippen molar-refractivity contribution in [1.29, 1.82) is 0 Å². The molecule has 168 valence electrons. The van der Waals surface area contributed by atoms with E-state index in [1.807, 2.05) is 37.3 Å². The van der Waals surface area contributed by atoms with Gasteiger partial charge in [0, 0.05) is 37.4 Å². The Morgan fingerprint density at radius 2 is 1.77 bits per heavy atom. The van der Waals surface area contributed by atoms with Crippen molar-refractivity contribution in [3.8, 4) is 0 Å². The predicted molar refractivity (Wildman–Crippen MR) is 139 cm³/mol. The van der Waals surface area contributed by atoms with Crippen LogP contribution in [-0.4, -0.2) is 48.5 Å². The lowest BCUT2D eigenvalue weighted by molar-refractivity contribution is -0.114. The van der Waals surface area contributed by atoms with Crippen molar-refractivity contribution in [2.75, 3.05) is 25.0 Å². The van der Waals surface area contributed by atoms with Gasteiger partial charge in [-0.1, -0.05) is 48.5 Å². The van der Waals surface area contributed by atoms with E-state index >= 15 is 0 Å². The minimum atomic E-state index is -0.121. The summed E-state index contributed by atoms with van der Waals surface area (Å²) < 4.78 is 0. The molecule has 0 saturated carbocycles. The quantitative estimate of drug-likeness (QED) is 0.286. The molecule has 1 fully saturated rings. The lowest BCUT2D eigenvalue weighted by atomic mass is 9.97. The summed E-state index contributed by atoms with van der Waals surface area (Å²) in [5.41, 5.74) is 2.14. The molecule has 2 aromatic carbocycles. The Labute approximate surface area is 202 Å². The number of aliphatic imine (C=N–C) groups is 1. The number of nitrogens with one attached hydrogen (secondary N) is 3. The largest absolute Gasteiger partial charge is 0.357 e. The first-order chi connectivity index (χ1) is 14.6. The number of halogens is 1. The summed E-state index contributed by atoms with van der Waals surface area (Å²) >= 11 is 0. The maximum absolute atomic E-state index is 12.2. The van der Waals surface area contributed by atoms with Crippen molar-refractivity contribution in [2.24, 2.45) is 4.99 Å². The van der Waals surface area contributed by atoms with Gasteiger partial charge in [0.1, 0.15) is 6.54 Å². The number of likely N-dealkylation sites (tertiary alicyclic amines) is 1. The Balaban J connectivity index is 0.00000341. The van der Waals surface area contributed by atoms with Crippen LogP contribution in [0.15, 0.2) is 65.7 Å². The minimum absolute atomic E-state index is 0. The molecule has 6 nitrogen and oxygen atoms in total. The average molecular weight is 535 g/mol. The highest BCUT2D eigenvalue weighted by molar-refractivity contribution is 14.0. The lowest BCUT2D eigenvalue weighted by Gasteiger charge is -2.38. The second-order valence-corrected chi connectivity index (χ2v) is 7.78. The number of nitrogens with zero attached hydrogens (tertiary/aromatic N) is 2. The van der Waals surface area contributed by atoms with Crippen LogP contribution in [0.3, 0.4) is 0 Å². The van der Waals surface area contributed by atoms with E-state index in [4.69, 9.17) is 0 Å². The first kappa shape index (κ1) is 25.1. The molecule has 31 heavy (non-hydrogen) atoms. The average Bonchev–Trinajstić information content (AvgIpc) is 2.76. The molecule has 7 heteroatoms. The number of piperidine rings is 1. The Morgan fingerprint density at radius 3 is 2.42 bits per heavy atom. The molecule has 2 unspecified atom stereocenters. The van der Waals surface area contributed by atoms with Crippen molar-refractivity contribution >= 4 is 41.5 Å². The van der Waals surface area contributed by atoms with E-state index in [2.05, 4.69) is 63.1 Å². The van der Waals surface area contributed by atoms with Gasteiger partial charge in [-0.25, -0.2) is 4.99 Å². The molecule has 3 rings (SSSR count). The molecule has 0 aliphatic carbocycles. The number of anilines is 1. The number of hydrogen-bond donors (Lipinski definition) is 3. The maximum Gasteiger partial charge on any atom is 0.246 e. The minimum Gasteiger partial charge on any atom is -0.357 e. The van der Waals surface area contributed by atoms with Crippen molar-refractivity contribution in [3.05, 3.63) is 66.2 Å². The van der Waals surface area contributed by atoms with Gasteiger partial charge in [-0.15, -0.1) is 24.0 Å². The van der Waals surface area contributed by atoms with E-state index in [0.717, 1.165) is 38.2 Å². The molecule has 0 bridgehead atoms. The van der Waals surface area contributed by atoms with Gasteiger partial charge in [0.25, 0.3) is 0 Å². The fraction of sp³-hybridized carbons (Fsp3) is 0.417. The number of hydrogen-bond acceptors (Lipinski definition) is 3. The van der Waals surface area contributed by atoms with Crippen LogP contribution in [0.25, 0.3) is 0 Å². The van der Waals surface area contributed by atoms with E-state index in [1.54, 1.807) is 0 Å². The van der Waals surface area contributed by atoms with E-state index in [1.165, 1.54) is 5.56 Å². The normalized spacial score (nSPS) is 19.2. The Bertz CT molecular complexity index is 815. The monoisotopic (exact) mass is 535 g/mol. The number of guanidine groups is 1. The highest BCUT2D eigenvalue weighted by Crippen LogP contribution is 2.20. The predicted octanol–water partition coefficient (Wildman–Crippen LogP) is 3.85. The van der Waals surface area contributed by atoms with Crippen molar-refractivity contribution < 1.29 is 4.79 Å². The first-order valence-electron chi connectivity index (χ1n) is 10.8. The Morgan fingerprint density at radius 1 is 1.10 bits per heavy atom. The molecular formula is C24H34IN5O. The molecule has 2 aromatic rings. The third kappa shape index (κ3) is 8.49. The van der Waals surface area contributed by atoms with E-state index in [0.29, 0.717) is 18.0 Å². The van der Waals surface area contributed by atoms with Crippen molar-refractivity contribution in [2.45, 2.75) is 45.3 Å². The smallest absolute Gasteiger partial charge is 0.246 e. The number of para-hydroxylation sites is 1. The van der Waals surface area contributed by atoms with E-state index < -0.39 is 0 Å². The zero-order chi connectivity index (χ0) is 21.2. The molecule has 1 aliphatic rings. The van der Waals surface area contributed by atoms with Gasteiger partial charge in [0.2, 0.25) is 5.91 Å². The number of benzene rings is 2. The summed E-state index contributed by atoms with van der Waals surface area (Å²) in [4.78, 5) is 19.2. The SMILES string of the molecule is CCNC(=NCC(=O)Nc1ccccc1)NC1CCN(Cc2ccccc2)C(C)C1.I. The third-order valence-electron chi connectivity index (χ3n) is 5.37. The van der Waals surface area contributed by atoms with Crippen molar-refractivity contribution in [1.82, 2.24) is 15.5 Å². The number of rotatable bonds is 7. The topological polar surface area (TPSA) is 68.8 Å². The molecule has 0 spiro atoms. The molecule has 0 radical (unpaired) electrons. The molecule has 1 saturated heterocycles.